The van der Waals surface area contributed by atoms with Crippen molar-refractivity contribution >= 4 is 18.0 Å². The normalized spacial score (nSPS) is 22.0. The molecule has 1 unspecified atom stereocenters. The highest BCUT2D eigenvalue weighted by atomic mass is 16.7. The Balaban J connectivity index is 1.23. The van der Waals surface area contributed by atoms with E-state index in [1.165, 1.54) is 25.3 Å². The Bertz CT molecular complexity index is 757. The second-order valence-electron chi connectivity index (χ2n) is 7.47. The number of carbonyl (C=O) groups excluding carboxylic acids is 2. The molecule has 28 heavy (non-hydrogen) atoms. The van der Waals surface area contributed by atoms with Crippen molar-refractivity contribution < 1.29 is 23.8 Å². The Kier molecular flexibility index (Phi) is 5.81. The van der Waals surface area contributed by atoms with Gasteiger partial charge in [0.05, 0.1) is 13.1 Å². The number of fused-ring (bicyclic) bond motifs is 1. The van der Waals surface area contributed by atoms with Crippen LogP contribution < -0.4 is 9.47 Å². The van der Waals surface area contributed by atoms with Gasteiger partial charge in [-0.1, -0.05) is 12.5 Å². The average molecular weight is 386 g/mol. The van der Waals surface area contributed by atoms with Crippen LogP contribution in [0, 0.1) is 0 Å². The van der Waals surface area contributed by atoms with Gasteiger partial charge >= 0.3 is 5.97 Å². The third kappa shape index (κ3) is 4.65. The summed E-state index contributed by atoms with van der Waals surface area (Å²) in [4.78, 5) is 28.6. The summed E-state index contributed by atoms with van der Waals surface area (Å²) in [5.41, 5.74) is 0.839. The number of hydrogen-bond acceptors (Lipinski definition) is 6. The van der Waals surface area contributed by atoms with Crippen LogP contribution in [0.5, 0.6) is 11.5 Å². The van der Waals surface area contributed by atoms with Crippen LogP contribution in [0.25, 0.3) is 6.08 Å². The third-order valence-corrected chi connectivity index (χ3v) is 5.40. The Labute approximate surface area is 164 Å². The largest absolute Gasteiger partial charge is 0.457 e. The van der Waals surface area contributed by atoms with Crippen LogP contribution in [0.2, 0.25) is 0 Å². The van der Waals surface area contributed by atoms with Crippen molar-refractivity contribution in [2.24, 2.45) is 0 Å². The minimum absolute atomic E-state index is 0.136. The maximum Gasteiger partial charge on any atom is 0.331 e. The van der Waals surface area contributed by atoms with E-state index in [0.717, 1.165) is 18.7 Å². The van der Waals surface area contributed by atoms with E-state index in [-0.39, 0.29) is 18.8 Å². The first-order valence-corrected chi connectivity index (χ1v) is 9.96. The number of rotatable bonds is 5. The zero-order chi connectivity index (χ0) is 19.3. The first kappa shape index (κ1) is 18.8. The number of esters is 1. The number of amides is 1. The Morgan fingerprint density at radius 3 is 2.79 bits per heavy atom. The van der Waals surface area contributed by atoms with Gasteiger partial charge in [-0.3, -0.25) is 9.69 Å². The summed E-state index contributed by atoms with van der Waals surface area (Å²) in [5.74, 6) is 1.12. The van der Waals surface area contributed by atoms with Crippen molar-refractivity contribution in [2.75, 3.05) is 39.5 Å². The van der Waals surface area contributed by atoms with E-state index in [4.69, 9.17) is 14.2 Å². The average Bonchev–Trinajstić information content (AvgIpc) is 3.36. The van der Waals surface area contributed by atoms with Gasteiger partial charge in [0.2, 0.25) is 12.7 Å². The molecule has 1 aromatic rings. The van der Waals surface area contributed by atoms with E-state index < -0.39 is 5.97 Å². The highest BCUT2D eigenvalue weighted by Gasteiger charge is 2.29. The monoisotopic (exact) mass is 386 g/mol. The molecule has 0 aliphatic carbocycles. The number of benzene rings is 1. The number of carbonyl (C=O) groups is 2. The molecule has 7 heteroatoms. The van der Waals surface area contributed by atoms with Crippen molar-refractivity contribution in [1.82, 2.24) is 9.80 Å². The van der Waals surface area contributed by atoms with Gasteiger partial charge in [0.25, 0.3) is 0 Å². The van der Waals surface area contributed by atoms with Crippen LogP contribution in [0.15, 0.2) is 24.3 Å². The van der Waals surface area contributed by atoms with E-state index in [2.05, 4.69) is 4.90 Å². The molecular formula is C21H26N2O5. The van der Waals surface area contributed by atoms with Crippen LogP contribution in [-0.2, 0) is 14.3 Å². The molecule has 0 aromatic heterocycles. The lowest BCUT2D eigenvalue weighted by molar-refractivity contribution is -0.143. The Hall–Kier alpha value is -2.54. The van der Waals surface area contributed by atoms with E-state index in [1.807, 2.05) is 23.1 Å². The summed E-state index contributed by atoms with van der Waals surface area (Å²) in [6.45, 7) is 3.84. The summed E-state index contributed by atoms with van der Waals surface area (Å²) in [5, 5.41) is 0. The van der Waals surface area contributed by atoms with Crippen LogP contribution >= 0.6 is 0 Å². The zero-order valence-electron chi connectivity index (χ0n) is 16.0. The third-order valence-electron chi connectivity index (χ3n) is 5.40. The maximum atomic E-state index is 12.5. The molecule has 2 fully saturated rings. The second-order valence-corrected chi connectivity index (χ2v) is 7.47. The summed E-state index contributed by atoms with van der Waals surface area (Å²) in [7, 11) is 0. The van der Waals surface area contributed by atoms with Crippen molar-refractivity contribution in [3.8, 4) is 11.5 Å². The number of hydrogen-bond donors (Lipinski definition) is 0. The van der Waals surface area contributed by atoms with Gasteiger partial charge in [-0.15, -0.1) is 0 Å². The maximum absolute atomic E-state index is 12.5. The quantitative estimate of drug-likeness (QED) is 0.570. The first-order valence-electron chi connectivity index (χ1n) is 9.96. The van der Waals surface area contributed by atoms with Crippen LogP contribution in [0.4, 0.5) is 0 Å². The van der Waals surface area contributed by atoms with Gasteiger partial charge < -0.3 is 19.1 Å². The van der Waals surface area contributed by atoms with Crippen LogP contribution in [-0.4, -0.2) is 67.3 Å². The highest BCUT2D eigenvalue weighted by Crippen LogP contribution is 2.32. The lowest BCUT2D eigenvalue weighted by Gasteiger charge is -2.27. The molecule has 0 radical (unpaired) electrons. The van der Waals surface area contributed by atoms with Gasteiger partial charge in [-0.25, -0.2) is 4.79 Å². The number of nitrogens with zero attached hydrogens (tertiary/aromatic N) is 2. The smallest absolute Gasteiger partial charge is 0.331 e. The molecular weight excluding hydrogens is 360 g/mol. The Morgan fingerprint density at radius 1 is 1.11 bits per heavy atom. The highest BCUT2D eigenvalue weighted by molar-refractivity contribution is 5.87. The molecule has 2 saturated heterocycles. The summed E-state index contributed by atoms with van der Waals surface area (Å²) in [6, 6.07) is 5.49. The van der Waals surface area contributed by atoms with E-state index in [1.54, 1.807) is 6.08 Å². The molecule has 1 amide bonds. The fourth-order valence-corrected chi connectivity index (χ4v) is 3.84. The van der Waals surface area contributed by atoms with Gasteiger partial charge in [-0.05, 0) is 49.7 Å². The van der Waals surface area contributed by atoms with Crippen molar-refractivity contribution in [3.63, 3.8) is 0 Å². The Morgan fingerprint density at radius 2 is 1.93 bits per heavy atom. The molecule has 7 nitrogen and oxygen atoms in total. The van der Waals surface area contributed by atoms with Crippen molar-refractivity contribution in [2.45, 2.75) is 31.8 Å². The predicted molar refractivity (Wildman–Crippen MR) is 103 cm³/mol. The van der Waals surface area contributed by atoms with E-state index in [9.17, 15) is 9.59 Å². The van der Waals surface area contributed by atoms with Gasteiger partial charge in [0, 0.05) is 19.0 Å². The number of likely N-dealkylation sites (tertiary alicyclic amines) is 2. The molecule has 1 aromatic carbocycles. The number of ether oxygens (including phenoxy) is 3. The van der Waals surface area contributed by atoms with Gasteiger partial charge in [0.1, 0.15) is 6.10 Å². The molecule has 3 aliphatic rings. The van der Waals surface area contributed by atoms with Crippen molar-refractivity contribution in [3.05, 3.63) is 29.8 Å². The second kappa shape index (κ2) is 8.65. The molecule has 3 aliphatic heterocycles. The molecule has 0 saturated carbocycles. The van der Waals surface area contributed by atoms with Gasteiger partial charge in [-0.2, -0.15) is 0 Å². The van der Waals surface area contributed by atoms with Crippen molar-refractivity contribution in [1.29, 1.82) is 0 Å². The molecule has 0 bridgehead atoms. The standard InChI is InChI=1S/C21H26N2O5/c24-20(14-22-9-2-1-3-10-22)23-11-8-17(13-23)28-21(25)7-5-16-4-6-18-19(12-16)27-15-26-18/h4-7,12,17H,1-3,8-11,13-15H2/b7-5+. The molecule has 4 rings (SSSR count). The summed E-state index contributed by atoms with van der Waals surface area (Å²) >= 11 is 0. The fraction of sp³-hybridized carbons (Fsp3) is 0.524. The van der Waals surface area contributed by atoms with Crippen LogP contribution in [0.1, 0.15) is 31.2 Å². The van der Waals surface area contributed by atoms with E-state index in [0.29, 0.717) is 37.6 Å². The molecule has 0 N–H and O–H groups in total. The van der Waals surface area contributed by atoms with Gasteiger partial charge in [0.15, 0.2) is 11.5 Å². The summed E-state index contributed by atoms with van der Waals surface area (Å²) < 4.78 is 16.1. The molecule has 1 atom stereocenters. The predicted octanol–water partition coefficient (Wildman–Crippen LogP) is 2.06. The SMILES string of the molecule is O=C(/C=C/c1ccc2c(c1)OCO2)OC1CCN(C(=O)CN2CCCCC2)C1. The fourth-order valence-electron chi connectivity index (χ4n) is 3.84. The molecule has 150 valence electrons. The molecule has 0 spiro atoms. The van der Waals surface area contributed by atoms with E-state index >= 15 is 0 Å². The first-order chi connectivity index (χ1) is 13.7. The topological polar surface area (TPSA) is 68.3 Å². The molecule has 3 heterocycles. The van der Waals surface area contributed by atoms with Crippen LogP contribution in [0.3, 0.4) is 0 Å². The summed E-state index contributed by atoms with van der Waals surface area (Å²) in [6.07, 6.45) is 7.15. The number of piperidine rings is 1. The minimum atomic E-state index is -0.395. The lowest BCUT2D eigenvalue weighted by atomic mass is 10.1. The minimum Gasteiger partial charge on any atom is -0.457 e. The lowest BCUT2D eigenvalue weighted by Crippen LogP contribution is -2.41. The zero-order valence-corrected chi connectivity index (χ0v) is 16.0.